The number of amides is 2. The maximum atomic E-state index is 13.7. The second kappa shape index (κ2) is 8.50. The molecular weight excluding hydrogens is 464 g/mol. The van der Waals surface area contributed by atoms with Crippen LogP contribution >= 0.6 is 0 Å². The Labute approximate surface area is 220 Å². The molecule has 2 aliphatic heterocycles. The molecule has 1 saturated carbocycles. The van der Waals surface area contributed by atoms with Gasteiger partial charge in [0.1, 0.15) is 11.5 Å². The first-order valence-corrected chi connectivity index (χ1v) is 13.3. The minimum atomic E-state index is -0.625. The summed E-state index contributed by atoms with van der Waals surface area (Å²) < 4.78 is 11.0. The number of nitrogens with zero attached hydrogens (tertiary/aromatic N) is 2. The van der Waals surface area contributed by atoms with E-state index in [1.165, 1.54) is 0 Å². The van der Waals surface area contributed by atoms with Crippen LogP contribution in [0.2, 0.25) is 0 Å². The van der Waals surface area contributed by atoms with Gasteiger partial charge in [0.2, 0.25) is 11.8 Å². The van der Waals surface area contributed by atoms with Gasteiger partial charge in [-0.25, -0.2) is 0 Å². The number of benzene rings is 2. The number of ether oxygens (including phenoxy) is 2. The summed E-state index contributed by atoms with van der Waals surface area (Å²) in [5, 5.41) is 0. The Morgan fingerprint density at radius 3 is 1.46 bits per heavy atom. The van der Waals surface area contributed by atoms with Crippen LogP contribution in [0.1, 0.15) is 64.5 Å². The van der Waals surface area contributed by atoms with Gasteiger partial charge < -0.3 is 19.3 Å². The SMILES string of the molecule is COc1ccc2c(c1)[C@](C)(C[C@@H]1CC(C)(C)C[C@H]1C[C@]1(C)C(=O)N(C)c3ccc(OC)cc31)C(=O)N2C. The molecule has 0 unspecified atom stereocenters. The lowest BCUT2D eigenvalue weighted by Gasteiger charge is -2.33. The van der Waals surface area contributed by atoms with E-state index in [1.54, 1.807) is 24.0 Å². The van der Waals surface area contributed by atoms with Gasteiger partial charge in [-0.15, -0.1) is 0 Å². The normalized spacial score (nSPS) is 30.1. The molecule has 198 valence electrons. The van der Waals surface area contributed by atoms with E-state index >= 15 is 0 Å². The summed E-state index contributed by atoms with van der Waals surface area (Å²) >= 11 is 0. The molecule has 1 aliphatic carbocycles. The summed E-state index contributed by atoms with van der Waals surface area (Å²) in [6.45, 7) is 8.83. The van der Waals surface area contributed by atoms with E-state index in [0.29, 0.717) is 11.8 Å². The molecule has 0 radical (unpaired) electrons. The predicted octanol–water partition coefficient (Wildman–Crippen LogP) is 5.70. The van der Waals surface area contributed by atoms with Gasteiger partial charge in [0.25, 0.3) is 0 Å². The molecule has 2 aromatic carbocycles. The van der Waals surface area contributed by atoms with Crippen molar-refractivity contribution in [1.29, 1.82) is 0 Å². The van der Waals surface area contributed by atoms with Gasteiger partial charge in [0.05, 0.1) is 25.0 Å². The Hall–Kier alpha value is -3.02. The van der Waals surface area contributed by atoms with Crippen molar-refractivity contribution >= 4 is 23.2 Å². The van der Waals surface area contributed by atoms with Crippen LogP contribution in [0.4, 0.5) is 11.4 Å². The van der Waals surface area contributed by atoms with Gasteiger partial charge in [0, 0.05) is 25.5 Å². The van der Waals surface area contributed by atoms with Crippen LogP contribution in [0.3, 0.4) is 0 Å². The molecule has 0 aromatic heterocycles. The quantitative estimate of drug-likeness (QED) is 0.506. The average molecular weight is 505 g/mol. The van der Waals surface area contributed by atoms with E-state index in [-0.39, 0.29) is 17.2 Å². The summed E-state index contributed by atoms with van der Waals surface area (Å²) in [5.41, 5.74) is 2.91. The first-order chi connectivity index (χ1) is 17.3. The van der Waals surface area contributed by atoms with E-state index < -0.39 is 10.8 Å². The number of carbonyl (C=O) groups excluding carboxylic acids is 2. The molecule has 0 N–H and O–H groups in total. The zero-order valence-corrected chi connectivity index (χ0v) is 23.5. The van der Waals surface area contributed by atoms with Crippen LogP contribution in [0.15, 0.2) is 36.4 Å². The van der Waals surface area contributed by atoms with E-state index in [9.17, 15) is 9.59 Å². The van der Waals surface area contributed by atoms with Gasteiger partial charge >= 0.3 is 0 Å². The molecule has 2 amide bonds. The number of rotatable bonds is 6. The predicted molar refractivity (Wildman–Crippen MR) is 147 cm³/mol. The summed E-state index contributed by atoms with van der Waals surface area (Å²) in [7, 11) is 7.07. The third kappa shape index (κ3) is 3.82. The number of hydrogen-bond donors (Lipinski definition) is 0. The van der Waals surface area contributed by atoms with Crippen molar-refractivity contribution in [2.24, 2.45) is 17.3 Å². The fourth-order valence-corrected chi connectivity index (χ4v) is 7.70. The first-order valence-electron chi connectivity index (χ1n) is 13.3. The highest BCUT2D eigenvalue weighted by atomic mass is 16.5. The summed E-state index contributed by atoms with van der Waals surface area (Å²) in [6.07, 6.45) is 3.59. The molecule has 6 heteroatoms. The zero-order valence-electron chi connectivity index (χ0n) is 23.5. The van der Waals surface area contributed by atoms with Gasteiger partial charge in [-0.1, -0.05) is 13.8 Å². The van der Waals surface area contributed by atoms with Crippen LogP contribution in [0.25, 0.3) is 0 Å². The third-order valence-electron chi connectivity index (χ3n) is 9.51. The molecule has 1 fully saturated rings. The monoisotopic (exact) mass is 504 g/mol. The van der Waals surface area contributed by atoms with Crippen molar-refractivity contribution < 1.29 is 19.1 Å². The summed E-state index contributed by atoms with van der Waals surface area (Å²) in [4.78, 5) is 31.0. The lowest BCUT2D eigenvalue weighted by molar-refractivity contribution is -0.124. The molecular formula is C31H40N2O4. The molecule has 0 bridgehead atoms. The Balaban J connectivity index is 1.50. The smallest absolute Gasteiger partial charge is 0.237 e. The van der Waals surface area contributed by atoms with Crippen LogP contribution in [-0.4, -0.2) is 40.1 Å². The number of hydrogen-bond acceptors (Lipinski definition) is 4. The maximum Gasteiger partial charge on any atom is 0.237 e. The topological polar surface area (TPSA) is 59.1 Å². The Morgan fingerprint density at radius 2 is 1.11 bits per heavy atom. The minimum Gasteiger partial charge on any atom is -0.497 e. The number of fused-ring (bicyclic) bond motifs is 2. The Kier molecular flexibility index (Phi) is 5.89. The highest BCUT2D eigenvalue weighted by Gasteiger charge is 2.54. The molecule has 37 heavy (non-hydrogen) atoms. The van der Waals surface area contributed by atoms with Crippen molar-refractivity contribution in [3.63, 3.8) is 0 Å². The second-order valence-corrected chi connectivity index (χ2v) is 12.7. The number of anilines is 2. The lowest BCUT2D eigenvalue weighted by Crippen LogP contribution is -2.40. The van der Waals surface area contributed by atoms with Crippen LogP contribution in [0.5, 0.6) is 11.5 Å². The maximum absolute atomic E-state index is 13.7. The summed E-state index contributed by atoms with van der Waals surface area (Å²) in [5.74, 6) is 2.45. The molecule has 4 atom stereocenters. The summed E-state index contributed by atoms with van der Waals surface area (Å²) in [6, 6.07) is 11.9. The Bertz CT molecular complexity index is 1170. The third-order valence-corrected chi connectivity index (χ3v) is 9.51. The average Bonchev–Trinajstić information content (AvgIpc) is 3.33. The first kappa shape index (κ1) is 25.6. The highest BCUT2D eigenvalue weighted by Crippen LogP contribution is 2.57. The van der Waals surface area contributed by atoms with Gasteiger partial charge in [-0.2, -0.15) is 0 Å². The van der Waals surface area contributed by atoms with E-state index in [0.717, 1.165) is 59.7 Å². The number of carbonyl (C=O) groups is 2. The largest absolute Gasteiger partial charge is 0.497 e. The van der Waals surface area contributed by atoms with Crippen molar-refractivity contribution in [2.75, 3.05) is 38.1 Å². The standard InChI is InChI=1S/C31H40N2O4/c1-29(2)15-19(17-30(3)23-13-21(36-7)9-11-25(23)32(5)27(30)34)20(16-29)18-31(4)24-14-22(37-8)10-12-26(24)33(6)28(31)35/h9-14,19-20H,15-18H2,1-8H3/t19-,20-,30-,31-/m0/s1. The molecule has 0 saturated heterocycles. The molecule has 0 spiro atoms. The fourth-order valence-electron chi connectivity index (χ4n) is 7.70. The molecule has 3 aliphatic rings. The van der Waals surface area contributed by atoms with E-state index in [2.05, 4.69) is 27.7 Å². The van der Waals surface area contributed by atoms with Crippen molar-refractivity contribution in [1.82, 2.24) is 0 Å². The second-order valence-electron chi connectivity index (χ2n) is 12.7. The van der Waals surface area contributed by atoms with Crippen molar-refractivity contribution in [2.45, 2.75) is 64.2 Å². The van der Waals surface area contributed by atoms with Crippen molar-refractivity contribution in [3.8, 4) is 11.5 Å². The zero-order chi connectivity index (χ0) is 26.9. The number of likely N-dealkylation sites (N-methyl/N-ethyl adjacent to an activating group) is 2. The van der Waals surface area contributed by atoms with Crippen LogP contribution in [-0.2, 0) is 20.4 Å². The molecule has 5 rings (SSSR count). The van der Waals surface area contributed by atoms with Gasteiger partial charge in [0.15, 0.2) is 0 Å². The van der Waals surface area contributed by atoms with E-state index in [4.69, 9.17) is 9.47 Å². The number of methoxy groups -OCH3 is 2. The molecule has 6 nitrogen and oxygen atoms in total. The van der Waals surface area contributed by atoms with Crippen LogP contribution in [0, 0.1) is 17.3 Å². The lowest BCUT2D eigenvalue weighted by atomic mass is 9.69. The highest BCUT2D eigenvalue weighted by molar-refractivity contribution is 6.08. The molecule has 2 aromatic rings. The van der Waals surface area contributed by atoms with Crippen LogP contribution < -0.4 is 19.3 Å². The van der Waals surface area contributed by atoms with E-state index in [1.807, 2.05) is 50.5 Å². The van der Waals surface area contributed by atoms with Crippen molar-refractivity contribution in [3.05, 3.63) is 47.5 Å². The molecule has 2 heterocycles. The van der Waals surface area contributed by atoms with Gasteiger partial charge in [-0.05, 0) is 104 Å². The minimum absolute atomic E-state index is 0.136. The Morgan fingerprint density at radius 1 is 0.730 bits per heavy atom. The van der Waals surface area contributed by atoms with Gasteiger partial charge in [-0.3, -0.25) is 9.59 Å². The fraction of sp³-hybridized carbons (Fsp3) is 0.548.